The van der Waals surface area contributed by atoms with Crippen molar-refractivity contribution in [3.63, 3.8) is 0 Å². The number of benzene rings is 2. The summed E-state index contributed by atoms with van der Waals surface area (Å²) >= 11 is 12.4. The van der Waals surface area contributed by atoms with E-state index in [1.165, 1.54) is 6.07 Å². The lowest BCUT2D eigenvalue weighted by atomic mass is 10.2. The molecule has 2 rings (SSSR count). The quantitative estimate of drug-likeness (QED) is 0.714. The molecule has 0 aliphatic heterocycles. The Labute approximate surface area is 127 Å². The summed E-state index contributed by atoms with van der Waals surface area (Å²) in [6, 6.07) is 10.5. The van der Waals surface area contributed by atoms with Gasteiger partial charge in [-0.15, -0.1) is 0 Å². The molecule has 5 heteroatoms. The van der Waals surface area contributed by atoms with E-state index in [0.29, 0.717) is 16.0 Å². The molecule has 0 heterocycles. The second-order valence-corrected chi connectivity index (χ2v) is 5.86. The molecule has 0 amide bonds. The third kappa shape index (κ3) is 3.46. The van der Waals surface area contributed by atoms with Gasteiger partial charge in [-0.25, -0.2) is 4.39 Å². The van der Waals surface area contributed by atoms with Crippen LogP contribution in [0.5, 0.6) is 0 Å². The Balaban J connectivity index is 2.09. The summed E-state index contributed by atoms with van der Waals surface area (Å²) in [5.41, 5.74) is 1.79. The molecular formula is C13H9Br2ClFN. The van der Waals surface area contributed by atoms with Gasteiger partial charge in [0.2, 0.25) is 0 Å². The maximum absolute atomic E-state index is 13.3. The van der Waals surface area contributed by atoms with E-state index < -0.39 is 0 Å². The summed E-state index contributed by atoms with van der Waals surface area (Å²) in [4.78, 5) is 0. The number of hydrogen-bond donors (Lipinski definition) is 1. The van der Waals surface area contributed by atoms with Crippen molar-refractivity contribution in [2.45, 2.75) is 6.54 Å². The molecule has 0 aromatic heterocycles. The average Bonchev–Trinajstić information content (AvgIpc) is 2.32. The third-order valence-corrected chi connectivity index (χ3v) is 4.03. The maximum Gasteiger partial charge on any atom is 0.139 e. The van der Waals surface area contributed by atoms with Gasteiger partial charge in [-0.1, -0.05) is 33.6 Å². The lowest BCUT2D eigenvalue weighted by Gasteiger charge is -2.09. The molecule has 94 valence electrons. The average molecular weight is 393 g/mol. The lowest BCUT2D eigenvalue weighted by Crippen LogP contribution is -2.00. The van der Waals surface area contributed by atoms with Crippen molar-refractivity contribution < 1.29 is 4.39 Å². The minimum absolute atomic E-state index is 0.282. The zero-order valence-electron chi connectivity index (χ0n) is 9.18. The Bertz CT molecular complexity index is 575. The minimum atomic E-state index is -0.282. The Morgan fingerprint density at radius 2 is 1.83 bits per heavy atom. The van der Waals surface area contributed by atoms with Crippen LogP contribution in [0.25, 0.3) is 0 Å². The van der Waals surface area contributed by atoms with Crippen LogP contribution in [-0.4, -0.2) is 0 Å². The summed E-state index contributed by atoms with van der Waals surface area (Å²) in [5.74, 6) is -0.282. The van der Waals surface area contributed by atoms with E-state index in [1.54, 1.807) is 6.07 Å². The Morgan fingerprint density at radius 1 is 1.06 bits per heavy atom. The zero-order chi connectivity index (χ0) is 13.1. The first-order chi connectivity index (χ1) is 8.56. The van der Waals surface area contributed by atoms with Crippen molar-refractivity contribution in [1.82, 2.24) is 0 Å². The zero-order valence-corrected chi connectivity index (χ0v) is 13.1. The highest BCUT2D eigenvalue weighted by Crippen LogP contribution is 2.24. The fourth-order valence-electron chi connectivity index (χ4n) is 1.47. The van der Waals surface area contributed by atoms with E-state index in [1.807, 2.05) is 24.3 Å². The second-order valence-electron chi connectivity index (χ2n) is 3.72. The first-order valence-electron chi connectivity index (χ1n) is 5.19. The summed E-state index contributed by atoms with van der Waals surface area (Å²) in [6.07, 6.45) is 0. The van der Waals surface area contributed by atoms with Gasteiger partial charge in [0, 0.05) is 21.7 Å². The van der Waals surface area contributed by atoms with Crippen LogP contribution in [0.3, 0.4) is 0 Å². The van der Waals surface area contributed by atoms with Gasteiger partial charge in [0.1, 0.15) is 5.82 Å². The van der Waals surface area contributed by atoms with Crippen LogP contribution >= 0.6 is 43.5 Å². The third-order valence-electron chi connectivity index (χ3n) is 2.42. The van der Waals surface area contributed by atoms with Crippen LogP contribution in [0.1, 0.15) is 5.56 Å². The fraction of sp³-hybridized carbons (Fsp3) is 0.0769. The molecule has 0 fully saturated rings. The van der Waals surface area contributed by atoms with E-state index in [-0.39, 0.29) is 5.82 Å². The number of hydrogen-bond acceptors (Lipinski definition) is 1. The molecule has 2 aromatic rings. The summed E-state index contributed by atoms with van der Waals surface area (Å²) < 4.78 is 14.7. The Hall–Kier alpha value is -0.580. The van der Waals surface area contributed by atoms with Gasteiger partial charge in [0.05, 0.1) is 4.47 Å². The van der Waals surface area contributed by atoms with Crippen LogP contribution < -0.4 is 5.32 Å². The smallest absolute Gasteiger partial charge is 0.139 e. The van der Waals surface area contributed by atoms with E-state index in [2.05, 4.69) is 37.2 Å². The summed E-state index contributed by atoms with van der Waals surface area (Å²) in [7, 11) is 0. The largest absolute Gasteiger partial charge is 0.381 e. The topological polar surface area (TPSA) is 12.0 Å². The Kier molecular flexibility index (Phi) is 4.65. The molecule has 0 bridgehead atoms. The first kappa shape index (κ1) is 13.8. The van der Waals surface area contributed by atoms with Crippen LogP contribution in [0.4, 0.5) is 10.1 Å². The van der Waals surface area contributed by atoms with E-state index >= 15 is 0 Å². The molecule has 18 heavy (non-hydrogen) atoms. The number of nitrogens with one attached hydrogen (secondary N) is 1. The van der Waals surface area contributed by atoms with E-state index in [0.717, 1.165) is 15.7 Å². The molecule has 0 unspecified atom stereocenters. The fourth-order valence-corrected chi connectivity index (χ4v) is 2.54. The molecular weight excluding hydrogens is 384 g/mol. The number of anilines is 1. The minimum Gasteiger partial charge on any atom is -0.381 e. The van der Waals surface area contributed by atoms with Crippen molar-refractivity contribution in [1.29, 1.82) is 0 Å². The number of rotatable bonds is 3. The normalized spacial score (nSPS) is 10.4. The van der Waals surface area contributed by atoms with E-state index in [4.69, 9.17) is 11.6 Å². The maximum atomic E-state index is 13.3. The Morgan fingerprint density at radius 3 is 2.50 bits per heavy atom. The van der Waals surface area contributed by atoms with Crippen molar-refractivity contribution in [3.8, 4) is 0 Å². The van der Waals surface area contributed by atoms with Crippen LogP contribution in [0.15, 0.2) is 45.3 Å². The van der Waals surface area contributed by atoms with Gasteiger partial charge in [-0.2, -0.15) is 0 Å². The SMILES string of the molecule is Fc1cc(NCc2ccc(Cl)cc2Br)ccc1Br. The van der Waals surface area contributed by atoms with Crippen LogP contribution in [0, 0.1) is 5.82 Å². The molecule has 0 atom stereocenters. The molecule has 1 nitrogen and oxygen atoms in total. The monoisotopic (exact) mass is 391 g/mol. The van der Waals surface area contributed by atoms with Crippen LogP contribution in [-0.2, 0) is 6.54 Å². The molecule has 0 spiro atoms. The number of halogens is 4. The van der Waals surface area contributed by atoms with Gasteiger partial charge in [0.15, 0.2) is 0 Å². The first-order valence-corrected chi connectivity index (χ1v) is 7.15. The van der Waals surface area contributed by atoms with Gasteiger partial charge in [0.25, 0.3) is 0 Å². The predicted octanol–water partition coefficient (Wildman–Crippen LogP) is 5.62. The lowest BCUT2D eigenvalue weighted by molar-refractivity contribution is 0.621. The van der Waals surface area contributed by atoms with Crippen molar-refractivity contribution in [2.75, 3.05) is 5.32 Å². The molecule has 0 radical (unpaired) electrons. The van der Waals surface area contributed by atoms with Gasteiger partial charge < -0.3 is 5.32 Å². The highest BCUT2D eigenvalue weighted by atomic mass is 79.9. The summed E-state index contributed by atoms with van der Waals surface area (Å²) in [6.45, 7) is 0.596. The highest BCUT2D eigenvalue weighted by Gasteiger charge is 2.03. The molecule has 0 aliphatic rings. The van der Waals surface area contributed by atoms with Crippen molar-refractivity contribution >= 4 is 49.1 Å². The summed E-state index contributed by atoms with van der Waals surface area (Å²) in [5, 5.41) is 3.84. The van der Waals surface area contributed by atoms with E-state index in [9.17, 15) is 4.39 Å². The van der Waals surface area contributed by atoms with Gasteiger partial charge in [-0.05, 0) is 51.8 Å². The van der Waals surface area contributed by atoms with Crippen LogP contribution in [0.2, 0.25) is 5.02 Å². The molecule has 2 aromatic carbocycles. The van der Waals surface area contributed by atoms with Gasteiger partial charge in [-0.3, -0.25) is 0 Å². The van der Waals surface area contributed by atoms with Crippen molar-refractivity contribution in [2.24, 2.45) is 0 Å². The predicted molar refractivity (Wildman–Crippen MR) is 80.6 cm³/mol. The van der Waals surface area contributed by atoms with Gasteiger partial charge >= 0.3 is 0 Å². The molecule has 0 aliphatic carbocycles. The molecule has 0 saturated carbocycles. The van der Waals surface area contributed by atoms with Crippen molar-refractivity contribution in [3.05, 3.63) is 61.7 Å². The second kappa shape index (κ2) is 6.04. The highest BCUT2D eigenvalue weighted by molar-refractivity contribution is 9.10. The molecule has 0 saturated heterocycles. The molecule has 1 N–H and O–H groups in total. The standard InChI is InChI=1S/C13H9Br2ClFN/c14-11-4-3-10(6-13(11)17)18-7-8-1-2-9(16)5-12(8)15/h1-6,18H,7H2.